The monoisotopic (exact) mass is 446 g/mol. The maximum Gasteiger partial charge on any atom is 0.490 e. The molecule has 1 atom stereocenters. The Hall–Kier alpha value is -2.33. The minimum absolute atomic E-state index is 0.0942. The quantitative estimate of drug-likeness (QED) is 0.724. The first-order chi connectivity index (χ1) is 14.6. The summed E-state index contributed by atoms with van der Waals surface area (Å²) in [7, 11) is 1.74. The van der Waals surface area contributed by atoms with Gasteiger partial charge in [0.2, 0.25) is 0 Å². The minimum atomic E-state index is -5.08. The molecule has 2 aliphatic heterocycles. The highest BCUT2D eigenvalue weighted by Gasteiger charge is 2.47. The molecule has 0 aromatic heterocycles. The molecule has 7 nitrogen and oxygen atoms in total. The van der Waals surface area contributed by atoms with Crippen molar-refractivity contribution >= 4 is 11.9 Å². The fraction of sp³-hybridized carbons (Fsp3) is 0.619. The second kappa shape index (κ2) is 10.8. The summed E-state index contributed by atoms with van der Waals surface area (Å²) in [4.78, 5) is 26.4. The van der Waals surface area contributed by atoms with Crippen LogP contribution in [0.3, 0.4) is 0 Å². The van der Waals surface area contributed by atoms with Gasteiger partial charge < -0.3 is 19.5 Å². The number of ether oxygens (including phenoxy) is 2. The fourth-order valence-electron chi connectivity index (χ4n) is 3.98. The molecule has 0 radical (unpaired) electrons. The third-order valence-electron chi connectivity index (χ3n) is 5.59. The lowest BCUT2D eigenvalue weighted by Crippen LogP contribution is -2.67. The van der Waals surface area contributed by atoms with Gasteiger partial charge in [-0.3, -0.25) is 9.69 Å². The van der Waals surface area contributed by atoms with Crippen LogP contribution in [0.2, 0.25) is 0 Å². The van der Waals surface area contributed by atoms with Crippen LogP contribution >= 0.6 is 0 Å². The van der Waals surface area contributed by atoms with E-state index in [-0.39, 0.29) is 11.4 Å². The Morgan fingerprint density at radius 2 is 1.87 bits per heavy atom. The third-order valence-corrected chi connectivity index (χ3v) is 5.59. The number of carbonyl (C=O) groups excluding carboxylic acids is 1. The van der Waals surface area contributed by atoms with Gasteiger partial charge in [-0.25, -0.2) is 4.79 Å². The van der Waals surface area contributed by atoms with Crippen molar-refractivity contribution in [2.24, 2.45) is 0 Å². The topological polar surface area (TPSA) is 79.3 Å². The van der Waals surface area contributed by atoms with Gasteiger partial charge in [-0.2, -0.15) is 13.2 Å². The molecule has 1 aromatic rings. The number of carbonyl (C=O) groups is 2. The van der Waals surface area contributed by atoms with Crippen molar-refractivity contribution in [3.05, 3.63) is 29.8 Å². The smallest absolute Gasteiger partial charge is 0.490 e. The predicted octanol–water partition coefficient (Wildman–Crippen LogP) is 3.05. The molecule has 0 aliphatic carbocycles. The van der Waals surface area contributed by atoms with Crippen molar-refractivity contribution in [2.45, 2.75) is 37.9 Å². The van der Waals surface area contributed by atoms with Gasteiger partial charge in [-0.1, -0.05) is 12.1 Å². The van der Waals surface area contributed by atoms with Crippen LogP contribution in [0.25, 0.3) is 0 Å². The van der Waals surface area contributed by atoms with Crippen LogP contribution in [0.15, 0.2) is 24.3 Å². The van der Waals surface area contributed by atoms with E-state index in [9.17, 15) is 18.0 Å². The zero-order valence-electron chi connectivity index (χ0n) is 17.8. The molecule has 2 fully saturated rings. The van der Waals surface area contributed by atoms with E-state index in [4.69, 9.17) is 19.4 Å². The van der Waals surface area contributed by atoms with Crippen LogP contribution in [0.4, 0.5) is 13.2 Å². The number of para-hydroxylation sites is 1. The maximum atomic E-state index is 13.0. The summed E-state index contributed by atoms with van der Waals surface area (Å²) in [6, 6.07) is 7.57. The molecule has 2 aliphatic rings. The minimum Gasteiger partial charge on any atom is -0.493 e. The van der Waals surface area contributed by atoms with Gasteiger partial charge in [0.05, 0.1) is 18.8 Å². The van der Waals surface area contributed by atoms with Gasteiger partial charge in [0, 0.05) is 38.8 Å². The predicted molar refractivity (Wildman–Crippen MR) is 107 cm³/mol. The van der Waals surface area contributed by atoms with Crippen molar-refractivity contribution in [3.63, 3.8) is 0 Å². The van der Waals surface area contributed by atoms with Gasteiger partial charge in [0.15, 0.2) is 0 Å². The Labute approximate surface area is 179 Å². The molecule has 2 heterocycles. The molecule has 3 rings (SSSR count). The van der Waals surface area contributed by atoms with Crippen LogP contribution in [0, 0.1) is 0 Å². The van der Waals surface area contributed by atoms with Gasteiger partial charge in [0.25, 0.3) is 5.91 Å². The lowest BCUT2D eigenvalue weighted by Gasteiger charge is -2.57. The third kappa shape index (κ3) is 6.33. The summed E-state index contributed by atoms with van der Waals surface area (Å²) in [6.07, 6.45) is -1.67. The summed E-state index contributed by atoms with van der Waals surface area (Å²) in [5, 5.41) is 7.12. The van der Waals surface area contributed by atoms with Crippen molar-refractivity contribution < 1.29 is 37.3 Å². The number of methoxy groups -OCH3 is 1. The second-order valence-corrected chi connectivity index (χ2v) is 7.52. The van der Waals surface area contributed by atoms with Crippen molar-refractivity contribution in [1.29, 1.82) is 0 Å². The van der Waals surface area contributed by atoms with Crippen LogP contribution in [-0.4, -0.2) is 85.0 Å². The van der Waals surface area contributed by atoms with Crippen LogP contribution in [0.5, 0.6) is 5.75 Å². The van der Waals surface area contributed by atoms with Gasteiger partial charge in [-0.05, 0) is 38.3 Å². The van der Waals surface area contributed by atoms with E-state index in [0.717, 1.165) is 39.2 Å². The Kier molecular flexibility index (Phi) is 8.69. The number of alkyl halides is 3. The van der Waals surface area contributed by atoms with Crippen LogP contribution in [0.1, 0.15) is 36.5 Å². The SMILES string of the molecule is CCOc1ccccc1C(=O)N1CCCC2(CCN2CCOC)C1.O=C(O)C(F)(F)F. The summed E-state index contributed by atoms with van der Waals surface area (Å²) >= 11 is 0. The highest BCUT2D eigenvalue weighted by molar-refractivity contribution is 5.97. The van der Waals surface area contributed by atoms with Crippen molar-refractivity contribution in [1.82, 2.24) is 9.80 Å². The average molecular weight is 446 g/mol. The zero-order chi connectivity index (χ0) is 23.1. The number of halogens is 3. The van der Waals surface area contributed by atoms with Crippen LogP contribution < -0.4 is 4.74 Å². The standard InChI is InChI=1S/C19H28N2O3.C2HF3O2/c1-3-24-17-8-5-4-7-16(17)18(22)20-11-6-9-19(15-20)10-12-21(19)13-14-23-2;3-2(4,5)1(6)7/h4-5,7-8H,3,6,9-15H2,1-2H3;(H,6,7). The Balaban J connectivity index is 0.000000423. The highest BCUT2D eigenvalue weighted by Crippen LogP contribution is 2.39. The molecule has 174 valence electrons. The first-order valence-electron chi connectivity index (χ1n) is 10.2. The number of carboxylic acid groups (broad SMARTS) is 1. The molecule has 31 heavy (non-hydrogen) atoms. The molecule has 10 heteroatoms. The number of benzene rings is 1. The zero-order valence-corrected chi connectivity index (χ0v) is 17.8. The van der Waals surface area contributed by atoms with Gasteiger partial charge >= 0.3 is 12.1 Å². The van der Waals surface area contributed by atoms with Crippen molar-refractivity contribution in [2.75, 3.05) is 46.5 Å². The largest absolute Gasteiger partial charge is 0.493 e. The number of nitrogens with zero attached hydrogens (tertiary/aromatic N) is 2. The maximum absolute atomic E-state index is 13.0. The number of piperidine rings is 1. The highest BCUT2D eigenvalue weighted by atomic mass is 19.4. The fourth-order valence-corrected chi connectivity index (χ4v) is 3.98. The average Bonchev–Trinajstić information content (AvgIpc) is 2.73. The molecule has 1 N–H and O–H groups in total. The number of carboxylic acids is 1. The lowest BCUT2D eigenvalue weighted by molar-refractivity contribution is -0.192. The van der Waals surface area contributed by atoms with Gasteiger partial charge in [-0.15, -0.1) is 0 Å². The summed E-state index contributed by atoms with van der Waals surface area (Å²) in [5.74, 6) is -1.97. The summed E-state index contributed by atoms with van der Waals surface area (Å²) in [6.45, 7) is 6.98. The number of hydrogen-bond donors (Lipinski definition) is 1. The molecule has 0 bridgehead atoms. The number of aliphatic carboxylic acids is 1. The van der Waals surface area contributed by atoms with E-state index < -0.39 is 12.1 Å². The molecule has 1 aromatic carbocycles. The number of amides is 1. The van der Waals surface area contributed by atoms with E-state index in [2.05, 4.69) is 4.90 Å². The van der Waals surface area contributed by atoms with E-state index >= 15 is 0 Å². The molecule has 1 spiro atoms. The van der Waals surface area contributed by atoms with Gasteiger partial charge in [0.1, 0.15) is 5.75 Å². The number of likely N-dealkylation sites (tertiary alicyclic amines) is 2. The Morgan fingerprint density at radius 3 is 2.42 bits per heavy atom. The second-order valence-electron chi connectivity index (χ2n) is 7.52. The Morgan fingerprint density at radius 1 is 1.19 bits per heavy atom. The van der Waals surface area contributed by atoms with E-state index in [1.54, 1.807) is 7.11 Å². The van der Waals surface area contributed by atoms with E-state index in [1.807, 2.05) is 36.1 Å². The molecule has 0 saturated carbocycles. The summed E-state index contributed by atoms with van der Waals surface area (Å²) in [5.41, 5.74) is 0.840. The van der Waals surface area contributed by atoms with Crippen LogP contribution in [-0.2, 0) is 9.53 Å². The first kappa shape index (κ1) is 24.9. The van der Waals surface area contributed by atoms with E-state index in [0.29, 0.717) is 17.9 Å². The molecular weight excluding hydrogens is 417 g/mol. The molecular formula is C21H29F3N2O5. The van der Waals surface area contributed by atoms with Crippen molar-refractivity contribution in [3.8, 4) is 5.75 Å². The Bertz CT molecular complexity index is 759. The molecule has 1 amide bonds. The lowest BCUT2D eigenvalue weighted by atomic mass is 9.77. The number of rotatable bonds is 6. The summed E-state index contributed by atoms with van der Waals surface area (Å²) < 4.78 is 42.6. The molecule has 2 saturated heterocycles. The molecule has 1 unspecified atom stereocenters. The number of hydrogen-bond acceptors (Lipinski definition) is 5. The first-order valence-corrected chi connectivity index (χ1v) is 10.2. The normalized spacial score (nSPS) is 21.1. The van der Waals surface area contributed by atoms with E-state index in [1.165, 1.54) is 12.8 Å².